The molecule has 3 N–H and O–H groups in total. The van der Waals surface area contributed by atoms with Crippen molar-refractivity contribution in [2.75, 3.05) is 11.4 Å². The van der Waals surface area contributed by atoms with Crippen LogP contribution in [0.4, 0.5) is 5.69 Å². The van der Waals surface area contributed by atoms with E-state index in [0.29, 0.717) is 17.7 Å². The topological polar surface area (TPSA) is 106 Å². The second-order valence-corrected chi connectivity index (χ2v) is 6.38. The maximum atomic E-state index is 12.8. The van der Waals surface area contributed by atoms with Crippen LogP contribution in [0.25, 0.3) is 0 Å². The summed E-state index contributed by atoms with van der Waals surface area (Å²) in [5.74, 6) is -1.18. The van der Waals surface area contributed by atoms with Crippen LogP contribution in [0.5, 0.6) is 0 Å². The van der Waals surface area contributed by atoms with Crippen LogP contribution in [0.15, 0.2) is 47.3 Å². The van der Waals surface area contributed by atoms with E-state index >= 15 is 0 Å². The number of amides is 3. The van der Waals surface area contributed by atoms with Gasteiger partial charge in [-0.2, -0.15) is 0 Å². The molecule has 0 bridgehead atoms. The second kappa shape index (κ2) is 7.43. The average Bonchev–Trinajstić information content (AvgIpc) is 3.15. The molecule has 3 amide bonds. The van der Waals surface area contributed by atoms with Crippen LogP contribution in [0.2, 0.25) is 0 Å². The van der Waals surface area contributed by atoms with Crippen LogP contribution in [0.1, 0.15) is 41.6 Å². The molecule has 26 heavy (non-hydrogen) atoms. The summed E-state index contributed by atoms with van der Waals surface area (Å²) in [5.41, 5.74) is 7.42. The first-order valence-electron chi connectivity index (χ1n) is 8.49. The molecule has 0 saturated heterocycles. The van der Waals surface area contributed by atoms with Crippen LogP contribution >= 0.6 is 0 Å². The molecule has 0 fully saturated rings. The molecule has 0 saturated carbocycles. The molecule has 2 aromatic rings. The third kappa shape index (κ3) is 3.46. The van der Waals surface area contributed by atoms with E-state index in [9.17, 15) is 14.4 Å². The van der Waals surface area contributed by atoms with Gasteiger partial charge in [-0.25, -0.2) is 0 Å². The molecule has 0 aliphatic carbocycles. The van der Waals surface area contributed by atoms with Crippen LogP contribution in [-0.4, -0.2) is 30.3 Å². The van der Waals surface area contributed by atoms with E-state index < -0.39 is 5.92 Å². The number of carbonyl (C=O) groups is 3. The number of anilines is 1. The van der Waals surface area contributed by atoms with E-state index in [1.54, 1.807) is 11.0 Å². The molecular weight excluding hydrogens is 334 g/mol. The SMILES string of the molecule is C[C@@H]1C[C@H](C(N)=O)c2ccccc2N1C(=O)CCNC(=O)c1ccoc1. The molecule has 1 aromatic carbocycles. The van der Waals surface area contributed by atoms with Crippen molar-refractivity contribution < 1.29 is 18.8 Å². The molecule has 0 spiro atoms. The van der Waals surface area contributed by atoms with Gasteiger partial charge >= 0.3 is 0 Å². The Balaban J connectivity index is 1.69. The van der Waals surface area contributed by atoms with Crippen LogP contribution in [-0.2, 0) is 9.59 Å². The lowest BCUT2D eigenvalue weighted by Crippen LogP contribution is -2.46. The zero-order valence-corrected chi connectivity index (χ0v) is 14.5. The van der Waals surface area contributed by atoms with Crippen molar-refractivity contribution in [1.82, 2.24) is 5.32 Å². The van der Waals surface area contributed by atoms with E-state index in [4.69, 9.17) is 10.2 Å². The van der Waals surface area contributed by atoms with Gasteiger partial charge in [-0.1, -0.05) is 18.2 Å². The molecule has 2 heterocycles. The van der Waals surface area contributed by atoms with Crippen LogP contribution in [0, 0.1) is 0 Å². The number of furan rings is 1. The fourth-order valence-electron chi connectivity index (χ4n) is 3.36. The third-order valence-corrected chi connectivity index (χ3v) is 4.61. The first kappa shape index (κ1) is 17.7. The van der Waals surface area contributed by atoms with E-state index in [-0.39, 0.29) is 36.7 Å². The van der Waals surface area contributed by atoms with Crippen molar-refractivity contribution in [1.29, 1.82) is 0 Å². The fraction of sp³-hybridized carbons (Fsp3) is 0.316. The minimum Gasteiger partial charge on any atom is -0.472 e. The van der Waals surface area contributed by atoms with Gasteiger partial charge in [-0.05, 0) is 31.0 Å². The van der Waals surface area contributed by atoms with Gasteiger partial charge in [-0.15, -0.1) is 0 Å². The fourth-order valence-corrected chi connectivity index (χ4v) is 3.36. The van der Waals surface area contributed by atoms with E-state index in [0.717, 1.165) is 5.56 Å². The standard InChI is InChI=1S/C19H21N3O4/c1-12-10-15(18(20)24)14-4-2-3-5-16(14)22(12)17(23)6-8-21-19(25)13-7-9-26-11-13/h2-5,7,9,11-12,15H,6,8,10H2,1H3,(H2,20,24)(H,21,25)/t12-,15+/m1/s1. The highest BCUT2D eigenvalue weighted by atomic mass is 16.3. The maximum absolute atomic E-state index is 12.8. The first-order valence-corrected chi connectivity index (χ1v) is 8.49. The molecule has 1 aliphatic rings. The summed E-state index contributed by atoms with van der Waals surface area (Å²) in [7, 11) is 0. The molecule has 0 unspecified atom stereocenters. The van der Waals surface area contributed by atoms with E-state index in [1.807, 2.05) is 31.2 Å². The Kier molecular flexibility index (Phi) is 5.06. The molecule has 0 radical (unpaired) electrons. The number of fused-ring (bicyclic) bond motifs is 1. The Bertz CT molecular complexity index is 816. The molecule has 2 atom stereocenters. The molecule has 1 aromatic heterocycles. The minimum absolute atomic E-state index is 0.111. The zero-order valence-electron chi connectivity index (χ0n) is 14.5. The average molecular weight is 355 g/mol. The van der Waals surface area contributed by atoms with Crippen molar-refractivity contribution in [3.63, 3.8) is 0 Å². The number of rotatable bonds is 5. The van der Waals surface area contributed by atoms with Crippen molar-refractivity contribution in [2.45, 2.75) is 31.7 Å². The summed E-state index contributed by atoms with van der Waals surface area (Å²) < 4.78 is 4.87. The first-order chi connectivity index (χ1) is 12.5. The predicted molar refractivity (Wildman–Crippen MR) is 95.6 cm³/mol. The van der Waals surface area contributed by atoms with Crippen molar-refractivity contribution in [3.8, 4) is 0 Å². The highest BCUT2D eigenvalue weighted by molar-refractivity contribution is 5.98. The highest BCUT2D eigenvalue weighted by Crippen LogP contribution is 2.38. The maximum Gasteiger partial charge on any atom is 0.254 e. The number of primary amides is 1. The Labute approximate surface area is 151 Å². The Morgan fingerprint density at radius 3 is 2.73 bits per heavy atom. The lowest BCUT2D eigenvalue weighted by Gasteiger charge is -2.38. The monoisotopic (exact) mass is 355 g/mol. The minimum atomic E-state index is -0.397. The summed E-state index contributed by atoms with van der Waals surface area (Å²) in [6.45, 7) is 2.11. The second-order valence-electron chi connectivity index (χ2n) is 6.38. The summed E-state index contributed by atoms with van der Waals surface area (Å²) in [5, 5.41) is 2.70. The summed E-state index contributed by atoms with van der Waals surface area (Å²) in [4.78, 5) is 38.1. The van der Waals surface area contributed by atoms with Crippen molar-refractivity contribution in [2.24, 2.45) is 5.73 Å². The van der Waals surface area contributed by atoms with Gasteiger partial charge in [0.1, 0.15) is 6.26 Å². The smallest absolute Gasteiger partial charge is 0.254 e. The van der Waals surface area contributed by atoms with E-state index in [2.05, 4.69) is 5.32 Å². The molecule has 7 heteroatoms. The van der Waals surface area contributed by atoms with Gasteiger partial charge in [0.2, 0.25) is 11.8 Å². The Morgan fingerprint density at radius 1 is 1.27 bits per heavy atom. The molecule has 136 valence electrons. The van der Waals surface area contributed by atoms with Crippen LogP contribution in [0.3, 0.4) is 0 Å². The van der Waals surface area contributed by atoms with Gasteiger partial charge in [0.15, 0.2) is 0 Å². The highest BCUT2D eigenvalue weighted by Gasteiger charge is 2.35. The Hall–Kier alpha value is -3.09. The lowest BCUT2D eigenvalue weighted by atomic mass is 9.85. The number of nitrogens with two attached hydrogens (primary N) is 1. The normalized spacial score (nSPS) is 18.9. The number of carbonyl (C=O) groups excluding carboxylic acids is 3. The van der Waals surface area contributed by atoms with Crippen LogP contribution < -0.4 is 16.0 Å². The van der Waals surface area contributed by atoms with Crippen molar-refractivity contribution in [3.05, 3.63) is 54.0 Å². The number of hydrogen-bond donors (Lipinski definition) is 2. The van der Waals surface area contributed by atoms with E-state index in [1.165, 1.54) is 12.5 Å². The predicted octanol–water partition coefficient (Wildman–Crippen LogP) is 1.79. The molecule has 3 rings (SSSR count). The Morgan fingerprint density at radius 2 is 2.04 bits per heavy atom. The molecule has 1 aliphatic heterocycles. The quantitative estimate of drug-likeness (QED) is 0.853. The van der Waals surface area contributed by atoms with Crippen molar-refractivity contribution >= 4 is 23.4 Å². The number of nitrogens with one attached hydrogen (secondary N) is 1. The largest absolute Gasteiger partial charge is 0.472 e. The summed E-state index contributed by atoms with van der Waals surface area (Å²) >= 11 is 0. The summed E-state index contributed by atoms with van der Waals surface area (Å²) in [6, 6.07) is 8.72. The molecule has 7 nitrogen and oxygen atoms in total. The van der Waals surface area contributed by atoms with Gasteiger partial charge in [0.25, 0.3) is 5.91 Å². The number of para-hydroxylation sites is 1. The third-order valence-electron chi connectivity index (χ3n) is 4.61. The number of hydrogen-bond acceptors (Lipinski definition) is 4. The van der Waals surface area contributed by atoms with Gasteiger partial charge in [-0.3, -0.25) is 14.4 Å². The number of nitrogens with zero attached hydrogens (tertiary/aromatic N) is 1. The molecular formula is C19H21N3O4. The van der Waals surface area contributed by atoms with Gasteiger partial charge < -0.3 is 20.4 Å². The lowest BCUT2D eigenvalue weighted by molar-refractivity contribution is -0.121. The van der Waals surface area contributed by atoms with Gasteiger partial charge in [0.05, 0.1) is 17.7 Å². The summed E-state index contributed by atoms with van der Waals surface area (Å²) in [6.07, 6.45) is 3.41. The number of benzene rings is 1. The van der Waals surface area contributed by atoms with Gasteiger partial charge in [0, 0.05) is 24.7 Å². The zero-order chi connectivity index (χ0) is 18.7.